The summed E-state index contributed by atoms with van der Waals surface area (Å²) in [4.78, 5) is 8.60. The van der Waals surface area contributed by atoms with Gasteiger partial charge in [-0.15, -0.1) is 0 Å². The molecule has 2 aromatic rings. The number of halogens is 2. The largest absolute Gasteiger partial charge is 0.354 e. The maximum atomic E-state index is 13.9. The molecule has 1 aromatic heterocycles. The number of aromatic nitrogens is 2. The summed E-state index contributed by atoms with van der Waals surface area (Å²) in [7, 11) is 0. The number of hydrogen-bond donors (Lipinski definition) is 1. The van der Waals surface area contributed by atoms with Crippen molar-refractivity contribution in [1.82, 2.24) is 9.97 Å². The molecule has 0 saturated carbocycles. The standard InChI is InChI=1S/C14H15ClFN3/c1-3-6-17-14-18-9(2)7-13(19-14)11-5-4-10(15)8-12(11)16/h4-5,7-8H,3,6H2,1-2H3,(H,17,18,19). The number of aryl methyl sites for hydroxylation is 1. The van der Waals surface area contributed by atoms with E-state index in [1.807, 2.05) is 6.92 Å². The van der Waals surface area contributed by atoms with Crippen LogP contribution in [0.25, 0.3) is 11.3 Å². The molecule has 0 atom stereocenters. The van der Waals surface area contributed by atoms with E-state index in [1.165, 1.54) is 6.07 Å². The van der Waals surface area contributed by atoms with E-state index in [2.05, 4.69) is 22.2 Å². The number of hydrogen-bond acceptors (Lipinski definition) is 3. The molecular formula is C14H15ClFN3. The van der Waals surface area contributed by atoms with Crippen molar-refractivity contribution in [2.45, 2.75) is 20.3 Å². The maximum absolute atomic E-state index is 13.9. The lowest BCUT2D eigenvalue weighted by Crippen LogP contribution is -2.06. The lowest BCUT2D eigenvalue weighted by Gasteiger charge is -2.08. The van der Waals surface area contributed by atoms with Crippen molar-refractivity contribution in [3.8, 4) is 11.3 Å². The first-order valence-corrected chi connectivity index (χ1v) is 6.53. The number of benzene rings is 1. The molecule has 0 amide bonds. The molecule has 19 heavy (non-hydrogen) atoms. The highest BCUT2D eigenvalue weighted by Gasteiger charge is 2.09. The third-order valence-electron chi connectivity index (χ3n) is 2.59. The van der Waals surface area contributed by atoms with Crippen molar-refractivity contribution in [3.63, 3.8) is 0 Å². The van der Waals surface area contributed by atoms with E-state index in [1.54, 1.807) is 18.2 Å². The molecule has 0 fully saturated rings. The molecule has 0 aliphatic carbocycles. The fourth-order valence-corrected chi connectivity index (χ4v) is 1.88. The van der Waals surface area contributed by atoms with Gasteiger partial charge in [0.05, 0.1) is 5.69 Å². The van der Waals surface area contributed by atoms with Crippen molar-refractivity contribution in [3.05, 3.63) is 40.8 Å². The van der Waals surface area contributed by atoms with E-state index in [-0.39, 0.29) is 5.82 Å². The van der Waals surface area contributed by atoms with E-state index in [0.29, 0.717) is 22.2 Å². The van der Waals surface area contributed by atoms with Crippen LogP contribution in [-0.2, 0) is 0 Å². The van der Waals surface area contributed by atoms with Gasteiger partial charge in [0.2, 0.25) is 5.95 Å². The van der Waals surface area contributed by atoms with Gasteiger partial charge in [-0.1, -0.05) is 18.5 Å². The predicted molar refractivity (Wildman–Crippen MR) is 76.0 cm³/mol. The summed E-state index contributed by atoms with van der Waals surface area (Å²) >= 11 is 5.75. The Morgan fingerprint density at radius 3 is 2.74 bits per heavy atom. The maximum Gasteiger partial charge on any atom is 0.223 e. The van der Waals surface area contributed by atoms with Crippen LogP contribution in [0.1, 0.15) is 19.0 Å². The van der Waals surface area contributed by atoms with Gasteiger partial charge >= 0.3 is 0 Å². The Bertz CT molecular complexity index is 587. The second-order valence-electron chi connectivity index (χ2n) is 4.27. The Kier molecular flexibility index (Phi) is 4.32. The SMILES string of the molecule is CCCNc1nc(C)cc(-c2ccc(Cl)cc2F)n1. The first-order valence-electron chi connectivity index (χ1n) is 6.15. The number of rotatable bonds is 4. The predicted octanol–water partition coefficient (Wildman–Crippen LogP) is 4.07. The average molecular weight is 280 g/mol. The van der Waals surface area contributed by atoms with Gasteiger partial charge in [-0.3, -0.25) is 0 Å². The van der Waals surface area contributed by atoms with Gasteiger partial charge < -0.3 is 5.32 Å². The summed E-state index contributed by atoms with van der Waals surface area (Å²) in [6.07, 6.45) is 0.974. The highest BCUT2D eigenvalue weighted by Crippen LogP contribution is 2.25. The summed E-state index contributed by atoms with van der Waals surface area (Å²) in [6.45, 7) is 4.70. The zero-order chi connectivity index (χ0) is 13.8. The molecule has 0 unspecified atom stereocenters. The van der Waals surface area contributed by atoms with E-state index < -0.39 is 0 Å². The first kappa shape index (κ1) is 13.7. The van der Waals surface area contributed by atoms with E-state index in [9.17, 15) is 4.39 Å². The summed E-state index contributed by atoms with van der Waals surface area (Å²) in [5.74, 6) is 0.137. The monoisotopic (exact) mass is 279 g/mol. The van der Waals surface area contributed by atoms with Gasteiger partial charge in [0.1, 0.15) is 5.82 Å². The molecule has 0 spiro atoms. The Morgan fingerprint density at radius 2 is 2.05 bits per heavy atom. The van der Waals surface area contributed by atoms with Gasteiger partial charge in [-0.25, -0.2) is 14.4 Å². The Hall–Kier alpha value is -1.68. The van der Waals surface area contributed by atoms with Gasteiger partial charge in [0, 0.05) is 22.8 Å². The molecule has 0 saturated heterocycles. The van der Waals surface area contributed by atoms with Crippen LogP contribution in [0, 0.1) is 12.7 Å². The summed E-state index contributed by atoms with van der Waals surface area (Å²) < 4.78 is 13.9. The van der Waals surface area contributed by atoms with E-state index in [4.69, 9.17) is 11.6 Å². The zero-order valence-corrected chi connectivity index (χ0v) is 11.6. The number of nitrogens with one attached hydrogen (secondary N) is 1. The Morgan fingerprint density at radius 1 is 1.26 bits per heavy atom. The van der Waals surface area contributed by atoms with Crippen molar-refractivity contribution < 1.29 is 4.39 Å². The number of anilines is 1. The van der Waals surface area contributed by atoms with Crippen LogP contribution in [-0.4, -0.2) is 16.5 Å². The van der Waals surface area contributed by atoms with E-state index >= 15 is 0 Å². The molecule has 100 valence electrons. The Balaban J connectivity index is 2.41. The second-order valence-corrected chi connectivity index (χ2v) is 4.71. The molecule has 1 N–H and O–H groups in total. The minimum Gasteiger partial charge on any atom is -0.354 e. The quantitative estimate of drug-likeness (QED) is 0.917. The molecule has 2 rings (SSSR count). The zero-order valence-electron chi connectivity index (χ0n) is 10.9. The van der Waals surface area contributed by atoms with Gasteiger partial charge in [-0.2, -0.15) is 0 Å². The minimum atomic E-state index is -0.382. The van der Waals surface area contributed by atoms with Crippen molar-refractivity contribution in [1.29, 1.82) is 0 Å². The first-order chi connectivity index (χ1) is 9.10. The summed E-state index contributed by atoms with van der Waals surface area (Å²) in [5, 5.41) is 3.48. The summed E-state index contributed by atoms with van der Waals surface area (Å²) in [5.41, 5.74) is 1.77. The highest BCUT2D eigenvalue weighted by molar-refractivity contribution is 6.30. The lowest BCUT2D eigenvalue weighted by molar-refractivity contribution is 0.630. The van der Waals surface area contributed by atoms with Crippen LogP contribution in [0.5, 0.6) is 0 Å². The highest BCUT2D eigenvalue weighted by atomic mass is 35.5. The minimum absolute atomic E-state index is 0.372. The van der Waals surface area contributed by atoms with Gasteiger partial charge in [0.15, 0.2) is 0 Å². The molecule has 1 heterocycles. The van der Waals surface area contributed by atoms with Gasteiger partial charge in [-0.05, 0) is 37.6 Å². The van der Waals surface area contributed by atoms with Crippen LogP contribution in [0.15, 0.2) is 24.3 Å². The molecule has 1 aromatic carbocycles. The number of nitrogens with zero attached hydrogens (tertiary/aromatic N) is 2. The molecule has 5 heteroatoms. The van der Waals surface area contributed by atoms with Crippen molar-refractivity contribution in [2.75, 3.05) is 11.9 Å². The second kappa shape index (κ2) is 5.97. The molecular weight excluding hydrogens is 265 g/mol. The van der Waals surface area contributed by atoms with Crippen LogP contribution < -0.4 is 5.32 Å². The molecule has 0 radical (unpaired) electrons. The Labute approximate surface area is 116 Å². The van der Waals surface area contributed by atoms with Crippen molar-refractivity contribution >= 4 is 17.5 Å². The van der Waals surface area contributed by atoms with Crippen LogP contribution in [0.3, 0.4) is 0 Å². The van der Waals surface area contributed by atoms with Crippen LogP contribution >= 0.6 is 11.6 Å². The van der Waals surface area contributed by atoms with Crippen molar-refractivity contribution in [2.24, 2.45) is 0 Å². The summed E-state index contributed by atoms with van der Waals surface area (Å²) in [6, 6.07) is 6.32. The third kappa shape index (κ3) is 3.41. The fourth-order valence-electron chi connectivity index (χ4n) is 1.72. The lowest BCUT2D eigenvalue weighted by atomic mass is 10.1. The average Bonchev–Trinajstić information content (AvgIpc) is 2.35. The smallest absolute Gasteiger partial charge is 0.223 e. The van der Waals surface area contributed by atoms with E-state index in [0.717, 1.165) is 18.7 Å². The molecule has 0 aliphatic rings. The van der Waals surface area contributed by atoms with Crippen LogP contribution in [0.2, 0.25) is 5.02 Å². The van der Waals surface area contributed by atoms with Crippen LogP contribution in [0.4, 0.5) is 10.3 Å². The molecule has 0 aliphatic heterocycles. The fraction of sp³-hybridized carbons (Fsp3) is 0.286. The topological polar surface area (TPSA) is 37.8 Å². The molecule has 3 nitrogen and oxygen atoms in total. The normalized spacial score (nSPS) is 10.5. The molecule has 0 bridgehead atoms. The van der Waals surface area contributed by atoms with Gasteiger partial charge in [0.25, 0.3) is 0 Å². The third-order valence-corrected chi connectivity index (χ3v) is 2.83.